The first-order valence-electron chi connectivity index (χ1n) is 6.53. The van der Waals surface area contributed by atoms with Crippen LogP contribution in [0.1, 0.15) is 24.3 Å². The van der Waals surface area contributed by atoms with Crippen LogP contribution in [0.5, 0.6) is 11.5 Å². The third kappa shape index (κ3) is 3.27. The fraction of sp³-hybridized carbons (Fsp3) is 0.429. The molecule has 0 amide bonds. The van der Waals surface area contributed by atoms with Crippen molar-refractivity contribution in [1.29, 1.82) is 0 Å². The third-order valence-electron chi connectivity index (χ3n) is 2.80. The molecule has 0 aliphatic rings. The second-order valence-electron chi connectivity index (χ2n) is 4.21. The van der Waals surface area contributed by atoms with E-state index < -0.39 is 0 Å². The van der Waals surface area contributed by atoms with E-state index in [0.29, 0.717) is 36.2 Å². The molecule has 20 heavy (non-hydrogen) atoms. The van der Waals surface area contributed by atoms with E-state index in [9.17, 15) is 0 Å². The average molecular weight is 277 g/mol. The van der Waals surface area contributed by atoms with E-state index in [2.05, 4.69) is 15.5 Å². The molecule has 0 atom stereocenters. The Morgan fingerprint density at radius 1 is 1.25 bits per heavy atom. The maximum absolute atomic E-state index is 5.79. The number of rotatable bonds is 7. The van der Waals surface area contributed by atoms with Crippen molar-refractivity contribution < 1.29 is 13.9 Å². The zero-order valence-corrected chi connectivity index (χ0v) is 12.0. The summed E-state index contributed by atoms with van der Waals surface area (Å²) < 4.78 is 16.5. The molecule has 6 heteroatoms. The third-order valence-corrected chi connectivity index (χ3v) is 2.80. The summed E-state index contributed by atoms with van der Waals surface area (Å²) in [6.45, 7) is 2.88. The Morgan fingerprint density at radius 3 is 2.70 bits per heavy atom. The summed E-state index contributed by atoms with van der Waals surface area (Å²) in [5, 5.41) is 10.9. The maximum Gasteiger partial charge on any atom is 0.253 e. The molecule has 2 aromatic rings. The van der Waals surface area contributed by atoms with Crippen LogP contribution in [0, 0.1) is 0 Å². The molecule has 108 valence electrons. The number of nitrogens with zero attached hydrogens (tertiary/aromatic N) is 2. The van der Waals surface area contributed by atoms with Gasteiger partial charge in [0.15, 0.2) is 18.1 Å². The van der Waals surface area contributed by atoms with Gasteiger partial charge >= 0.3 is 0 Å². The summed E-state index contributed by atoms with van der Waals surface area (Å²) >= 11 is 0. The fourth-order valence-corrected chi connectivity index (χ4v) is 1.84. The molecule has 0 bridgehead atoms. The van der Waals surface area contributed by atoms with Gasteiger partial charge in [-0.05, 0) is 13.1 Å². The van der Waals surface area contributed by atoms with Crippen molar-refractivity contribution in [2.75, 3.05) is 14.2 Å². The number of aromatic nitrogens is 2. The summed E-state index contributed by atoms with van der Waals surface area (Å²) in [6.07, 6.45) is 0.715. The Balaban J connectivity index is 2.14. The highest BCUT2D eigenvalue weighted by Gasteiger charge is 2.12. The SMILES string of the molecule is CCc1nnc(COc2c(CNC)cccc2OC)o1. The van der Waals surface area contributed by atoms with Crippen molar-refractivity contribution in [1.82, 2.24) is 15.5 Å². The number of hydrogen-bond donors (Lipinski definition) is 1. The Morgan fingerprint density at radius 2 is 2.05 bits per heavy atom. The van der Waals surface area contributed by atoms with Crippen LogP contribution in [-0.2, 0) is 19.6 Å². The van der Waals surface area contributed by atoms with Crippen molar-refractivity contribution in [2.45, 2.75) is 26.5 Å². The Kier molecular flexibility index (Phi) is 4.95. The summed E-state index contributed by atoms with van der Waals surface area (Å²) in [5.41, 5.74) is 1.02. The van der Waals surface area contributed by atoms with Crippen molar-refractivity contribution in [2.24, 2.45) is 0 Å². The minimum Gasteiger partial charge on any atom is -0.493 e. The molecule has 0 saturated heterocycles. The molecule has 0 unspecified atom stereocenters. The predicted molar refractivity (Wildman–Crippen MR) is 73.8 cm³/mol. The lowest BCUT2D eigenvalue weighted by Crippen LogP contribution is -2.08. The zero-order chi connectivity index (χ0) is 14.4. The predicted octanol–water partition coefficient (Wildman–Crippen LogP) is 1.94. The summed E-state index contributed by atoms with van der Waals surface area (Å²) in [5.74, 6) is 2.45. The van der Waals surface area contributed by atoms with Crippen molar-refractivity contribution >= 4 is 0 Å². The van der Waals surface area contributed by atoms with Gasteiger partial charge in [-0.1, -0.05) is 19.1 Å². The van der Waals surface area contributed by atoms with Crippen LogP contribution in [0.15, 0.2) is 22.6 Å². The van der Waals surface area contributed by atoms with E-state index in [-0.39, 0.29) is 6.61 Å². The van der Waals surface area contributed by atoms with Gasteiger partial charge in [-0.3, -0.25) is 0 Å². The van der Waals surface area contributed by atoms with E-state index in [1.165, 1.54) is 0 Å². The van der Waals surface area contributed by atoms with Gasteiger partial charge in [0.05, 0.1) is 7.11 Å². The van der Waals surface area contributed by atoms with Crippen LogP contribution >= 0.6 is 0 Å². The van der Waals surface area contributed by atoms with Crippen LogP contribution < -0.4 is 14.8 Å². The summed E-state index contributed by atoms with van der Waals surface area (Å²) in [6, 6.07) is 5.78. The lowest BCUT2D eigenvalue weighted by atomic mass is 10.2. The molecule has 2 rings (SSSR count). The first kappa shape index (κ1) is 14.3. The highest BCUT2D eigenvalue weighted by Crippen LogP contribution is 2.31. The van der Waals surface area contributed by atoms with Gasteiger partial charge in [-0.2, -0.15) is 0 Å². The van der Waals surface area contributed by atoms with Crippen LogP contribution in [-0.4, -0.2) is 24.4 Å². The smallest absolute Gasteiger partial charge is 0.253 e. The normalized spacial score (nSPS) is 10.6. The van der Waals surface area contributed by atoms with Crippen molar-refractivity contribution in [3.05, 3.63) is 35.5 Å². The Labute approximate surface area is 118 Å². The molecule has 1 aromatic carbocycles. The van der Waals surface area contributed by atoms with Gasteiger partial charge in [-0.15, -0.1) is 10.2 Å². The number of ether oxygens (including phenoxy) is 2. The van der Waals surface area contributed by atoms with Crippen LogP contribution in [0.3, 0.4) is 0 Å². The molecule has 1 heterocycles. The maximum atomic E-state index is 5.79. The topological polar surface area (TPSA) is 69.4 Å². The Bertz CT molecular complexity index is 554. The van der Waals surface area contributed by atoms with Crippen molar-refractivity contribution in [3.63, 3.8) is 0 Å². The minimum atomic E-state index is 0.226. The van der Waals surface area contributed by atoms with E-state index in [0.717, 1.165) is 5.56 Å². The molecule has 0 aliphatic heterocycles. The molecule has 1 N–H and O–H groups in total. The van der Waals surface area contributed by atoms with E-state index in [1.807, 2.05) is 32.2 Å². The van der Waals surface area contributed by atoms with Gasteiger partial charge in [0.1, 0.15) is 0 Å². The first-order valence-corrected chi connectivity index (χ1v) is 6.53. The largest absolute Gasteiger partial charge is 0.493 e. The minimum absolute atomic E-state index is 0.226. The van der Waals surface area contributed by atoms with Crippen LogP contribution in [0.4, 0.5) is 0 Å². The number of nitrogens with one attached hydrogen (secondary N) is 1. The van der Waals surface area contributed by atoms with Crippen LogP contribution in [0.2, 0.25) is 0 Å². The van der Waals surface area contributed by atoms with Crippen LogP contribution in [0.25, 0.3) is 0 Å². The molecule has 0 saturated carbocycles. The lowest BCUT2D eigenvalue weighted by molar-refractivity contribution is 0.244. The quantitative estimate of drug-likeness (QED) is 0.834. The molecule has 0 aliphatic carbocycles. The molecule has 0 fully saturated rings. The average Bonchev–Trinajstić information content (AvgIpc) is 2.94. The molecule has 0 spiro atoms. The molecule has 1 aromatic heterocycles. The lowest BCUT2D eigenvalue weighted by Gasteiger charge is -2.13. The van der Waals surface area contributed by atoms with Crippen molar-refractivity contribution in [3.8, 4) is 11.5 Å². The fourth-order valence-electron chi connectivity index (χ4n) is 1.84. The first-order chi connectivity index (χ1) is 9.78. The van der Waals surface area contributed by atoms with E-state index >= 15 is 0 Å². The molecular formula is C14H19N3O3. The zero-order valence-electron chi connectivity index (χ0n) is 12.0. The standard InChI is InChI=1S/C14H19N3O3/c1-4-12-16-17-13(20-12)9-19-14-10(8-15-2)6-5-7-11(14)18-3/h5-7,15H,4,8-9H2,1-3H3. The van der Waals surface area contributed by atoms with Gasteiger partial charge in [-0.25, -0.2) is 0 Å². The highest BCUT2D eigenvalue weighted by atomic mass is 16.5. The molecule has 0 radical (unpaired) electrons. The van der Waals surface area contributed by atoms with E-state index in [1.54, 1.807) is 7.11 Å². The second-order valence-corrected chi connectivity index (χ2v) is 4.21. The van der Waals surface area contributed by atoms with Gasteiger partial charge in [0.25, 0.3) is 5.89 Å². The highest BCUT2D eigenvalue weighted by molar-refractivity contribution is 5.46. The number of aryl methyl sites for hydroxylation is 1. The number of hydrogen-bond acceptors (Lipinski definition) is 6. The van der Waals surface area contributed by atoms with E-state index in [4.69, 9.17) is 13.9 Å². The monoisotopic (exact) mass is 277 g/mol. The Hall–Kier alpha value is -2.08. The molecule has 6 nitrogen and oxygen atoms in total. The van der Waals surface area contributed by atoms with Gasteiger partial charge < -0.3 is 19.2 Å². The molecular weight excluding hydrogens is 258 g/mol. The number of para-hydroxylation sites is 1. The number of methoxy groups -OCH3 is 1. The summed E-state index contributed by atoms with van der Waals surface area (Å²) in [7, 11) is 3.50. The van der Waals surface area contributed by atoms with Gasteiger partial charge in [0.2, 0.25) is 5.89 Å². The second kappa shape index (κ2) is 6.91. The number of benzene rings is 1. The van der Waals surface area contributed by atoms with Gasteiger partial charge in [0, 0.05) is 18.5 Å². The summed E-state index contributed by atoms with van der Waals surface area (Å²) in [4.78, 5) is 0.